The van der Waals surface area contributed by atoms with Crippen molar-refractivity contribution in [2.24, 2.45) is 0 Å². The van der Waals surface area contributed by atoms with E-state index in [1.807, 2.05) is 17.5 Å². The predicted octanol–water partition coefficient (Wildman–Crippen LogP) is 2.63. The molecule has 0 unspecified atom stereocenters. The average Bonchev–Trinajstić information content (AvgIpc) is 3.33. The smallest absolute Gasteiger partial charge is 0.338 e. The molecule has 28 heavy (non-hydrogen) atoms. The molecule has 0 saturated carbocycles. The van der Waals surface area contributed by atoms with Gasteiger partial charge in [0.25, 0.3) is 0 Å². The third-order valence-electron chi connectivity index (χ3n) is 3.83. The van der Waals surface area contributed by atoms with Gasteiger partial charge in [-0.05, 0) is 42.6 Å². The number of hydrogen-bond donors (Lipinski definition) is 0. The first kappa shape index (κ1) is 19.7. The van der Waals surface area contributed by atoms with Crippen molar-refractivity contribution in [2.45, 2.75) is 33.0 Å². The van der Waals surface area contributed by atoms with Gasteiger partial charge in [0.1, 0.15) is 6.54 Å². The van der Waals surface area contributed by atoms with Crippen LogP contribution >= 0.6 is 11.3 Å². The van der Waals surface area contributed by atoms with Gasteiger partial charge in [0, 0.05) is 17.5 Å². The van der Waals surface area contributed by atoms with E-state index in [0.717, 1.165) is 4.88 Å². The molecule has 1 aromatic carbocycles. The zero-order chi connectivity index (χ0) is 20.1. The molecule has 0 N–H and O–H groups in total. The first-order chi connectivity index (χ1) is 13.4. The molecule has 146 valence electrons. The van der Waals surface area contributed by atoms with Crippen molar-refractivity contribution in [3.63, 3.8) is 0 Å². The van der Waals surface area contributed by atoms with Crippen LogP contribution in [-0.2, 0) is 22.6 Å². The highest BCUT2D eigenvalue weighted by atomic mass is 32.1. The quantitative estimate of drug-likeness (QED) is 0.567. The van der Waals surface area contributed by atoms with Crippen molar-refractivity contribution >= 4 is 23.2 Å². The van der Waals surface area contributed by atoms with Gasteiger partial charge in [-0.3, -0.25) is 4.79 Å². The Balaban J connectivity index is 1.67. The Bertz CT molecular complexity index is 952. The van der Waals surface area contributed by atoms with Crippen molar-refractivity contribution in [2.75, 3.05) is 7.05 Å². The Morgan fingerprint density at radius 1 is 1.25 bits per heavy atom. The largest absolute Gasteiger partial charge is 0.459 e. The minimum atomic E-state index is -0.408. The van der Waals surface area contributed by atoms with Crippen molar-refractivity contribution in [3.8, 4) is 11.4 Å². The number of tetrazole rings is 1. The molecule has 3 aromatic rings. The molecule has 2 aromatic heterocycles. The fourth-order valence-electron chi connectivity index (χ4n) is 2.46. The van der Waals surface area contributed by atoms with E-state index < -0.39 is 5.97 Å². The number of carbonyl (C=O) groups is 2. The van der Waals surface area contributed by atoms with Gasteiger partial charge in [0.2, 0.25) is 11.7 Å². The molecule has 0 aliphatic heterocycles. The van der Waals surface area contributed by atoms with Crippen LogP contribution in [0.15, 0.2) is 41.8 Å². The van der Waals surface area contributed by atoms with Gasteiger partial charge in [-0.15, -0.1) is 21.5 Å². The van der Waals surface area contributed by atoms with Crippen LogP contribution in [0.1, 0.15) is 29.1 Å². The Morgan fingerprint density at radius 3 is 2.79 bits per heavy atom. The van der Waals surface area contributed by atoms with E-state index in [1.54, 1.807) is 61.4 Å². The molecule has 0 aliphatic rings. The molecular formula is C19H21N5O3S. The van der Waals surface area contributed by atoms with Gasteiger partial charge in [-0.25, -0.2) is 4.79 Å². The van der Waals surface area contributed by atoms with E-state index in [4.69, 9.17) is 4.74 Å². The van der Waals surface area contributed by atoms with E-state index in [9.17, 15) is 9.59 Å². The minimum Gasteiger partial charge on any atom is -0.459 e. The van der Waals surface area contributed by atoms with Crippen molar-refractivity contribution in [1.29, 1.82) is 0 Å². The van der Waals surface area contributed by atoms with Gasteiger partial charge in [-0.1, -0.05) is 18.2 Å². The van der Waals surface area contributed by atoms with E-state index >= 15 is 0 Å². The van der Waals surface area contributed by atoms with Crippen LogP contribution in [0, 0.1) is 0 Å². The number of ether oxygens (including phenoxy) is 1. The summed E-state index contributed by atoms with van der Waals surface area (Å²) in [7, 11) is 1.74. The molecule has 1 amide bonds. The molecule has 3 rings (SSSR count). The summed E-state index contributed by atoms with van der Waals surface area (Å²) in [6.07, 6.45) is -0.202. The fraction of sp³-hybridized carbons (Fsp3) is 0.316. The summed E-state index contributed by atoms with van der Waals surface area (Å²) in [5.74, 6) is -0.186. The lowest BCUT2D eigenvalue weighted by molar-refractivity contribution is -0.131. The molecule has 9 heteroatoms. The second-order valence-corrected chi connectivity index (χ2v) is 7.54. The molecular weight excluding hydrogens is 378 g/mol. The highest BCUT2D eigenvalue weighted by Crippen LogP contribution is 2.17. The number of esters is 1. The molecule has 8 nitrogen and oxygen atoms in total. The maximum atomic E-state index is 12.4. The molecule has 0 saturated heterocycles. The Kier molecular flexibility index (Phi) is 6.15. The summed E-state index contributed by atoms with van der Waals surface area (Å²) in [5, 5.41) is 14.2. The summed E-state index contributed by atoms with van der Waals surface area (Å²) < 4.78 is 5.20. The number of hydrogen-bond acceptors (Lipinski definition) is 7. The maximum absolute atomic E-state index is 12.4. The number of amides is 1. The monoisotopic (exact) mass is 399 g/mol. The number of rotatable bonds is 7. The zero-order valence-electron chi connectivity index (χ0n) is 15.9. The fourth-order valence-corrected chi connectivity index (χ4v) is 3.22. The minimum absolute atomic E-state index is 0.00996. The number of aromatic nitrogens is 4. The van der Waals surface area contributed by atoms with Crippen LogP contribution in [0.2, 0.25) is 0 Å². The molecule has 2 heterocycles. The number of benzene rings is 1. The second-order valence-electron chi connectivity index (χ2n) is 6.51. The predicted molar refractivity (Wildman–Crippen MR) is 105 cm³/mol. The Labute approximate surface area is 166 Å². The second kappa shape index (κ2) is 8.75. The summed E-state index contributed by atoms with van der Waals surface area (Å²) in [6, 6.07) is 10.8. The van der Waals surface area contributed by atoms with Crippen molar-refractivity contribution in [3.05, 3.63) is 52.2 Å². The summed E-state index contributed by atoms with van der Waals surface area (Å²) in [5.41, 5.74) is 1.04. The van der Waals surface area contributed by atoms with Crippen LogP contribution in [0.3, 0.4) is 0 Å². The first-order valence-electron chi connectivity index (χ1n) is 8.78. The van der Waals surface area contributed by atoms with Gasteiger partial charge in [-0.2, -0.15) is 4.80 Å². The molecule has 0 spiro atoms. The SMILES string of the molecule is CC(C)OC(=O)c1cccc(-c2nnn(CC(=O)N(C)Cc3cccs3)n2)c1. The van der Waals surface area contributed by atoms with Crippen LogP contribution in [0.25, 0.3) is 11.4 Å². The normalized spacial score (nSPS) is 10.9. The topological polar surface area (TPSA) is 90.2 Å². The van der Waals surface area contributed by atoms with E-state index in [1.165, 1.54) is 4.80 Å². The number of nitrogens with zero attached hydrogens (tertiary/aromatic N) is 5. The van der Waals surface area contributed by atoms with Crippen LogP contribution in [-0.4, -0.2) is 50.1 Å². The lowest BCUT2D eigenvalue weighted by Gasteiger charge is -2.15. The highest BCUT2D eigenvalue weighted by Gasteiger charge is 2.15. The Morgan fingerprint density at radius 2 is 2.07 bits per heavy atom. The van der Waals surface area contributed by atoms with E-state index in [0.29, 0.717) is 23.5 Å². The van der Waals surface area contributed by atoms with Crippen LogP contribution in [0.5, 0.6) is 0 Å². The number of likely N-dealkylation sites (N-methyl/N-ethyl adjacent to an activating group) is 1. The van der Waals surface area contributed by atoms with Gasteiger partial charge < -0.3 is 9.64 Å². The lowest BCUT2D eigenvalue weighted by Crippen LogP contribution is -2.30. The number of carbonyl (C=O) groups excluding carboxylic acids is 2. The highest BCUT2D eigenvalue weighted by molar-refractivity contribution is 7.09. The van der Waals surface area contributed by atoms with Gasteiger partial charge in [0.05, 0.1) is 18.2 Å². The third kappa shape index (κ3) is 5.01. The Hall–Kier alpha value is -3.07. The third-order valence-corrected chi connectivity index (χ3v) is 4.69. The molecule has 0 aliphatic carbocycles. The zero-order valence-corrected chi connectivity index (χ0v) is 16.7. The van der Waals surface area contributed by atoms with Gasteiger partial charge >= 0.3 is 5.97 Å². The first-order valence-corrected chi connectivity index (χ1v) is 9.66. The standard InChI is InChI=1S/C19H21N5O3S/c1-13(2)27-19(26)15-7-4-6-14(10-15)18-20-22-24(21-18)12-17(25)23(3)11-16-8-5-9-28-16/h4-10,13H,11-12H2,1-3H3. The van der Waals surface area contributed by atoms with Crippen molar-refractivity contribution < 1.29 is 14.3 Å². The average molecular weight is 399 g/mol. The molecule has 0 fully saturated rings. The number of thiophene rings is 1. The lowest BCUT2D eigenvalue weighted by atomic mass is 10.1. The molecule has 0 radical (unpaired) electrons. The molecule has 0 bridgehead atoms. The summed E-state index contributed by atoms with van der Waals surface area (Å²) in [6.45, 7) is 4.12. The van der Waals surface area contributed by atoms with Crippen LogP contribution < -0.4 is 0 Å². The maximum Gasteiger partial charge on any atom is 0.338 e. The van der Waals surface area contributed by atoms with Gasteiger partial charge in [0.15, 0.2) is 0 Å². The summed E-state index contributed by atoms with van der Waals surface area (Å²) in [4.78, 5) is 28.4. The van der Waals surface area contributed by atoms with Crippen LogP contribution in [0.4, 0.5) is 0 Å². The molecule has 0 atom stereocenters. The summed E-state index contributed by atoms with van der Waals surface area (Å²) >= 11 is 1.60. The van der Waals surface area contributed by atoms with E-state index in [2.05, 4.69) is 15.4 Å². The van der Waals surface area contributed by atoms with E-state index in [-0.39, 0.29) is 18.6 Å². The van der Waals surface area contributed by atoms with Crippen molar-refractivity contribution in [1.82, 2.24) is 25.1 Å².